The Kier molecular flexibility index (Phi) is 4.67. The van der Waals surface area contributed by atoms with Crippen LogP contribution in [0.1, 0.15) is 30.8 Å². The molecule has 0 aliphatic rings. The van der Waals surface area contributed by atoms with Gasteiger partial charge in [-0.3, -0.25) is 9.59 Å². The number of pyridine rings is 1. The van der Waals surface area contributed by atoms with Gasteiger partial charge in [0.2, 0.25) is 0 Å². The zero-order valence-electron chi connectivity index (χ0n) is 11.1. The molecule has 1 rings (SSSR count). The van der Waals surface area contributed by atoms with Gasteiger partial charge in [0.15, 0.2) is 0 Å². The highest BCUT2D eigenvalue weighted by atomic mass is 16.3. The average molecular weight is 252 g/mol. The van der Waals surface area contributed by atoms with Crippen LogP contribution in [-0.2, 0) is 7.05 Å². The minimum absolute atomic E-state index is 0.0900. The number of rotatable bonds is 5. The summed E-state index contributed by atoms with van der Waals surface area (Å²) in [6.07, 6.45) is 0.612. The predicted molar refractivity (Wildman–Crippen MR) is 69.5 cm³/mol. The lowest BCUT2D eigenvalue weighted by molar-refractivity contribution is 0.0919. The molecule has 1 heterocycles. The Morgan fingerprint density at radius 2 is 2.11 bits per heavy atom. The van der Waals surface area contributed by atoms with Gasteiger partial charge >= 0.3 is 0 Å². The monoisotopic (exact) mass is 252 g/mol. The van der Waals surface area contributed by atoms with E-state index < -0.39 is 0 Å². The lowest BCUT2D eigenvalue weighted by Crippen LogP contribution is -2.37. The fraction of sp³-hybridized carbons (Fsp3) is 0.538. The Labute approximate surface area is 106 Å². The number of nitrogens with zero attached hydrogens (tertiary/aromatic N) is 1. The first-order valence-electron chi connectivity index (χ1n) is 5.92. The maximum absolute atomic E-state index is 11.9. The standard InChI is InChI=1S/C13H20N2O3/c1-13(2,7-8-16)9-14-12(18)10-5-4-6-11(17)15(10)3/h4-6,16H,7-9H2,1-3H3,(H,14,18). The van der Waals surface area contributed by atoms with Gasteiger partial charge in [-0.25, -0.2) is 0 Å². The Hall–Kier alpha value is -1.62. The topological polar surface area (TPSA) is 71.3 Å². The Morgan fingerprint density at radius 1 is 1.44 bits per heavy atom. The van der Waals surface area contributed by atoms with Crippen molar-refractivity contribution >= 4 is 5.91 Å². The molecule has 0 spiro atoms. The molecule has 1 aromatic rings. The molecule has 0 unspecified atom stereocenters. The fourth-order valence-corrected chi connectivity index (χ4v) is 1.59. The number of nitrogens with one attached hydrogen (secondary N) is 1. The average Bonchev–Trinajstić information content (AvgIpc) is 2.30. The van der Waals surface area contributed by atoms with Gasteiger partial charge < -0.3 is 15.0 Å². The van der Waals surface area contributed by atoms with Crippen LogP contribution in [0.2, 0.25) is 0 Å². The third kappa shape index (κ3) is 3.70. The molecule has 5 nitrogen and oxygen atoms in total. The van der Waals surface area contributed by atoms with Crippen molar-refractivity contribution in [3.8, 4) is 0 Å². The van der Waals surface area contributed by atoms with E-state index in [0.717, 1.165) is 0 Å². The van der Waals surface area contributed by atoms with Gasteiger partial charge in [0.25, 0.3) is 11.5 Å². The molecule has 0 aliphatic heterocycles. The van der Waals surface area contributed by atoms with Crippen LogP contribution in [0.4, 0.5) is 0 Å². The third-order valence-corrected chi connectivity index (χ3v) is 2.93. The summed E-state index contributed by atoms with van der Waals surface area (Å²) in [4.78, 5) is 23.3. The van der Waals surface area contributed by atoms with Crippen LogP contribution in [0.25, 0.3) is 0 Å². The Bertz CT molecular complexity index is 477. The van der Waals surface area contributed by atoms with Crippen LogP contribution in [-0.4, -0.2) is 28.7 Å². The largest absolute Gasteiger partial charge is 0.396 e. The quantitative estimate of drug-likeness (QED) is 0.802. The summed E-state index contributed by atoms with van der Waals surface area (Å²) in [6, 6.07) is 4.58. The van der Waals surface area contributed by atoms with E-state index in [-0.39, 0.29) is 23.5 Å². The van der Waals surface area contributed by atoms with Crippen molar-refractivity contribution in [1.29, 1.82) is 0 Å². The molecule has 0 aliphatic carbocycles. The van der Waals surface area contributed by atoms with Crippen molar-refractivity contribution in [2.24, 2.45) is 12.5 Å². The molecule has 0 saturated heterocycles. The van der Waals surface area contributed by atoms with Crippen LogP contribution >= 0.6 is 0 Å². The van der Waals surface area contributed by atoms with Crippen molar-refractivity contribution in [3.05, 3.63) is 34.2 Å². The van der Waals surface area contributed by atoms with E-state index in [9.17, 15) is 9.59 Å². The van der Waals surface area contributed by atoms with Gasteiger partial charge in [-0.15, -0.1) is 0 Å². The second-order valence-corrected chi connectivity index (χ2v) is 5.13. The second-order valence-electron chi connectivity index (χ2n) is 5.13. The molecule has 0 aromatic carbocycles. The van der Waals surface area contributed by atoms with Gasteiger partial charge in [-0.1, -0.05) is 19.9 Å². The first-order valence-corrected chi connectivity index (χ1v) is 5.92. The second kappa shape index (κ2) is 5.82. The predicted octanol–water partition coefficient (Wildman–Crippen LogP) is 0.524. The molecule has 2 N–H and O–H groups in total. The van der Waals surface area contributed by atoms with E-state index in [2.05, 4.69) is 5.32 Å². The van der Waals surface area contributed by atoms with Crippen LogP contribution in [0.15, 0.2) is 23.0 Å². The number of hydrogen-bond acceptors (Lipinski definition) is 3. The number of aliphatic hydroxyl groups is 1. The molecular weight excluding hydrogens is 232 g/mol. The highest BCUT2D eigenvalue weighted by Crippen LogP contribution is 2.18. The normalized spacial score (nSPS) is 11.3. The summed E-state index contributed by atoms with van der Waals surface area (Å²) in [5.41, 5.74) is -0.0440. The van der Waals surface area contributed by atoms with Crippen molar-refractivity contribution in [3.63, 3.8) is 0 Å². The smallest absolute Gasteiger partial charge is 0.268 e. The molecule has 0 saturated carbocycles. The zero-order chi connectivity index (χ0) is 13.8. The molecule has 1 aromatic heterocycles. The van der Waals surface area contributed by atoms with Gasteiger partial charge in [0, 0.05) is 26.3 Å². The maximum Gasteiger partial charge on any atom is 0.268 e. The Morgan fingerprint density at radius 3 is 2.72 bits per heavy atom. The molecule has 0 fully saturated rings. The zero-order valence-corrected chi connectivity index (χ0v) is 11.1. The van der Waals surface area contributed by atoms with Crippen LogP contribution < -0.4 is 10.9 Å². The molecule has 0 bridgehead atoms. The highest BCUT2D eigenvalue weighted by molar-refractivity contribution is 5.92. The number of carbonyl (C=O) groups is 1. The summed E-state index contributed by atoms with van der Waals surface area (Å²) in [5.74, 6) is -0.277. The highest BCUT2D eigenvalue weighted by Gasteiger charge is 2.19. The van der Waals surface area contributed by atoms with Crippen molar-refractivity contribution in [2.75, 3.05) is 13.2 Å². The molecule has 1 amide bonds. The minimum Gasteiger partial charge on any atom is -0.396 e. The van der Waals surface area contributed by atoms with Gasteiger partial charge in [-0.05, 0) is 17.9 Å². The molecule has 5 heteroatoms. The first kappa shape index (κ1) is 14.4. The number of hydrogen-bond donors (Lipinski definition) is 2. The van der Waals surface area contributed by atoms with Crippen molar-refractivity contribution < 1.29 is 9.90 Å². The van der Waals surface area contributed by atoms with E-state index in [0.29, 0.717) is 18.7 Å². The lowest BCUT2D eigenvalue weighted by atomic mass is 9.90. The molecule has 18 heavy (non-hydrogen) atoms. The molecular formula is C13H20N2O3. The minimum atomic E-state index is -0.277. The summed E-state index contributed by atoms with van der Waals surface area (Å²) in [7, 11) is 1.57. The molecule has 100 valence electrons. The van der Waals surface area contributed by atoms with E-state index in [1.807, 2.05) is 13.8 Å². The van der Waals surface area contributed by atoms with Gasteiger partial charge in [0.05, 0.1) is 0 Å². The van der Waals surface area contributed by atoms with E-state index in [1.165, 1.54) is 10.6 Å². The molecule has 0 radical (unpaired) electrons. The molecule has 0 atom stereocenters. The third-order valence-electron chi connectivity index (χ3n) is 2.93. The summed E-state index contributed by atoms with van der Waals surface area (Å²) < 4.78 is 1.31. The van der Waals surface area contributed by atoms with Crippen LogP contribution in [0.5, 0.6) is 0 Å². The SMILES string of the molecule is Cn1c(C(=O)NCC(C)(C)CCO)cccc1=O. The number of carbonyl (C=O) groups excluding carboxylic acids is 1. The van der Waals surface area contributed by atoms with E-state index in [4.69, 9.17) is 5.11 Å². The maximum atomic E-state index is 11.9. The lowest BCUT2D eigenvalue weighted by Gasteiger charge is -2.24. The van der Waals surface area contributed by atoms with E-state index in [1.54, 1.807) is 19.2 Å². The van der Waals surface area contributed by atoms with Crippen LogP contribution in [0, 0.1) is 5.41 Å². The van der Waals surface area contributed by atoms with Gasteiger partial charge in [0.1, 0.15) is 5.69 Å². The van der Waals surface area contributed by atoms with E-state index >= 15 is 0 Å². The van der Waals surface area contributed by atoms with Gasteiger partial charge in [-0.2, -0.15) is 0 Å². The Balaban J connectivity index is 2.72. The fourth-order valence-electron chi connectivity index (χ4n) is 1.59. The summed E-state index contributed by atoms with van der Waals surface area (Å²) in [6.45, 7) is 4.48. The number of amides is 1. The summed E-state index contributed by atoms with van der Waals surface area (Å²) in [5, 5.41) is 11.7. The number of aliphatic hydroxyl groups excluding tert-OH is 1. The van der Waals surface area contributed by atoms with Crippen molar-refractivity contribution in [1.82, 2.24) is 9.88 Å². The van der Waals surface area contributed by atoms with Crippen LogP contribution in [0.3, 0.4) is 0 Å². The number of aromatic nitrogens is 1. The summed E-state index contributed by atoms with van der Waals surface area (Å²) >= 11 is 0. The van der Waals surface area contributed by atoms with Crippen molar-refractivity contribution in [2.45, 2.75) is 20.3 Å². The first-order chi connectivity index (χ1) is 8.37.